The van der Waals surface area contributed by atoms with Crippen molar-refractivity contribution in [3.05, 3.63) is 51.6 Å². The number of aliphatic hydroxyl groups is 1. The molecular formula is C16H15N5O3. The number of allylic oxidation sites excluding steroid dienone is 1. The molecular weight excluding hydrogens is 310 g/mol. The summed E-state index contributed by atoms with van der Waals surface area (Å²) >= 11 is 0. The van der Waals surface area contributed by atoms with Gasteiger partial charge in [-0.05, 0) is 25.0 Å². The van der Waals surface area contributed by atoms with Crippen LogP contribution in [0.5, 0.6) is 0 Å². The molecule has 2 heterocycles. The Kier molecular flexibility index (Phi) is 4.24. The molecule has 0 fully saturated rings. The van der Waals surface area contributed by atoms with Crippen molar-refractivity contribution >= 4 is 17.0 Å². The van der Waals surface area contributed by atoms with Crippen LogP contribution < -0.4 is 0 Å². The summed E-state index contributed by atoms with van der Waals surface area (Å²) in [6, 6.07) is 7.36. The quantitative estimate of drug-likeness (QED) is 0.401. The molecule has 8 nitrogen and oxygen atoms in total. The van der Waals surface area contributed by atoms with E-state index in [0.29, 0.717) is 17.9 Å². The molecule has 1 aromatic heterocycles. The molecule has 0 bridgehead atoms. The number of hydrogen-bond acceptors (Lipinski definition) is 6. The average Bonchev–Trinajstić information content (AvgIpc) is 2.84. The Morgan fingerprint density at radius 3 is 2.67 bits per heavy atom. The summed E-state index contributed by atoms with van der Waals surface area (Å²) in [6.07, 6.45) is 3.87. The summed E-state index contributed by atoms with van der Waals surface area (Å²) in [5, 5.41) is 38.8. The van der Waals surface area contributed by atoms with Crippen LogP contribution in [0.1, 0.15) is 36.5 Å². The maximum absolute atomic E-state index is 10.7. The maximum atomic E-state index is 10.7. The standard InChI is InChI=1S/C16H15N5O3/c17-10-13(15(22)11-5-7-12(8-6-11)21(23)24)16-19-18-14-4-2-1-3-9-20(14)16/h5-8,22H,1-4,9H2. The van der Waals surface area contributed by atoms with Gasteiger partial charge in [-0.25, -0.2) is 0 Å². The minimum Gasteiger partial charge on any atom is -0.506 e. The van der Waals surface area contributed by atoms with Gasteiger partial charge in [-0.1, -0.05) is 6.42 Å². The second-order valence-corrected chi connectivity index (χ2v) is 5.54. The molecule has 1 aromatic carbocycles. The number of rotatable bonds is 3. The van der Waals surface area contributed by atoms with Crippen molar-refractivity contribution in [2.75, 3.05) is 0 Å². The fourth-order valence-corrected chi connectivity index (χ4v) is 2.76. The lowest BCUT2D eigenvalue weighted by Gasteiger charge is -2.08. The fraction of sp³-hybridized carbons (Fsp3) is 0.312. The lowest BCUT2D eigenvalue weighted by Crippen LogP contribution is -2.06. The summed E-state index contributed by atoms with van der Waals surface area (Å²) in [5.41, 5.74) is 0.258. The Labute approximate surface area is 137 Å². The molecule has 24 heavy (non-hydrogen) atoms. The number of non-ortho nitro benzene ring substituents is 1. The highest BCUT2D eigenvalue weighted by molar-refractivity contribution is 5.92. The lowest BCUT2D eigenvalue weighted by molar-refractivity contribution is -0.384. The molecule has 122 valence electrons. The van der Waals surface area contributed by atoms with E-state index in [1.54, 1.807) is 0 Å². The number of nitriles is 1. The Hall–Kier alpha value is -3.21. The Bertz CT molecular complexity index is 846. The van der Waals surface area contributed by atoms with Crippen LogP contribution in [0.3, 0.4) is 0 Å². The Morgan fingerprint density at radius 2 is 2.00 bits per heavy atom. The zero-order valence-corrected chi connectivity index (χ0v) is 12.8. The lowest BCUT2D eigenvalue weighted by atomic mass is 10.1. The SMILES string of the molecule is N#CC(=C(O)c1ccc([N+](=O)[O-])cc1)c1nnc2n1CCCCC2. The van der Waals surface area contributed by atoms with Gasteiger partial charge in [0, 0.05) is 30.7 Å². The third-order valence-corrected chi connectivity index (χ3v) is 4.03. The monoisotopic (exact) mass is 325 g/mol. The van der Waals surface area contributed by atoms with E-state index in [-0.39, 0.29) is 17.0 Å². The highest BCUT2D eigenvalue weighted by atomic mass is 16.6. The fourth-order valence-electron chi connectivity index (χ4n) is 2.76. The summed E-state index contributed by atoms with van der Waals surface area (Å²) in [5.74, 6) is 0.892. The molecule has 1 aliphatic rings. The third kappa shape index (κ3) is 2.84. The molecule has 1 N–H and O–H groups in total. The highest BCUT2D eigenvalue weighted by Gasteiger charge is 2.21. The first-order valence-corrected chi connectivity index (χ1v) is 7.62. The molecule has 0 unspecified atom stereocenters. The minimum atomic E-state index is -0.520. The first-order chi connectivity index (χ1) is 11.6. The first kappa shape index (κ1) is 15.7. The van der Waals surface area contributed by atoms with E-state index < -0.39 is 4.92 Å². The summed E-state index contributed by atoms with van der Waals surface area (Å²) in [6.45, 7) is 0.705. The van der Waals surface area contributed by atoms with E-state index in [9.17, 15) is 20.5 Å². The van der Waals surface area contributed by atoms with Gasteiger partial charge in [0.1, 0.15) is 23.2 Å². The molecule has 0 atom stereocenters. The molecule has 2 aromatic rings. The van der Waals surface area contributed by atoms with Crippen LogP contribution >= 0.6 is 0 Å². The normalized spacial score (nSPS) is 15.0. The van der Waals surface area contributed by atoms with Crippen LogP contribution in [-0.4, -0.2) is 24.8 Å². The number of benzene rings is 1. The summed E-state index contributed by atoms with van der Waals surface area (Å²) in [7, 11) is 0. The van der Waals surface area contributed by atoms with E-state index in [1.807, 2.05) is 10.6 Å². The average molecular weight is 325 g/mol. The molecule has 0 amide bonds. The first-order valence-electron chi connectivity index (χ1n) is 7.62. The van der Waals surface area contributed by atoms with Crippen LogP contribution in [0.25, 0.3) is 11.3 Å². The van der Waals surface area contributed by atoms with E-state index in [1.165, 1.54) is 24.3 Å². The molecule has 3 rings (SSSR count). The Morgan fingerprint density at radius 1 is 1.25 bits per heavy atom. The smallest absolute Gasteiger partial charge is 0.269 e. The summed E-state index contributed by atoms with van der Waals surface area (Å²) < 4.78 is 1.87. The third-order valence-electron chi connectivity index (χ3n) is 4.03. The van der Waals surface area contributed by atoms with Gasteiger partial charge in [-0.15, -0.1) is 10.2 Å². The van der Waals surface area contributed by atoms with Crippen LogP contribution in [-0.2, 0) is 13.0 Å². The number of aryl methyl sites for hydroxylation is 1. The number of nitro benzene ring substituents is 1. The predicted octanol–water partition coefficient (Wildman–Crippen LogP) is 2.86. The minimum absolute atomic E-state index is 0.0181. The van der Waals surface area contributed by atoms with Crippen LogP contribution in [0.4, 0.5) is 5.69 Å². The number of hydrogen-bond donors (Lipinski definition) is 1. The highest BCUT2D eigenvalue weighted by Crippen LogP contribution is 2.26. The number of nitrogens with zero attached hydrogens (tertiary/aromatic N) is 5. The van der Waals surface area contributed by atoms with Crippen molar-refractivity contribution in [3.8, 4) is 6.07 Å². The van der Waals surface area contributed by atoms with Crippen molar-refractivity contribution in [2.45, 2.75) is 32.2 Å². The molecule has 0 saturated carbocycles. The number of aromatic nitrogens is 3. The van der Waals surface area contributed by atoms with Crippen molar-refractivity contribution in [2.24, 2.45) is 0 Å². The molecule has 0 radical (unpaired) electrons. The van der Waals surface area contributed by atoms with Crippen LogP contribution in [0.15, 0.2) is 24.3 Å². The molecule has 0 saturated heterocycles. The van der Waals surface area contributed by atoms with Gasteiger partial charge < -0.3 is 9.67 Å². The number of fused-ring (bicyclic) bond motifs is 1. The van der Waals surface area contributed by atoms with Crippen LogP contribution in [0.2, 0.25) is 0 Å². The van der Waals surface area contributed by atoms with Crippen molar-refractivity contribution in [1.82, 2.24) is 14.8 Å². The van der Waals surface area contributed by atoms with E-state index in [4.69, 9.17) is 0 Å². The van der Waals surface area contributed by atoms with Gasteiger partial charge in [0.25, 0.3) is 5.69 Å². The summed E-state index contributed by atoms with van der Waals surface area (Å²) in [4.78, 5) is 10.2. The predicted molar refractivity (Wildman–Crippen MR) is 85.7 cm³/mol. The second kappa shape index (κ2) is 6.50. The van der Waals surface area contributed by atoms with E-state index in [0.717, 1.165) is 31.5 Å². The van der Waals surface area contributed by atoms with Gasteiger partial charge in [-0.3, -0.25) is 10.1 Å². The van der Waals surface area contributed by atoms with Crippen molar-refractivity contribution in [3.63, 3.8) is 0 Å². The number of aliphatic hydroxyl groups excluding tert-OH is 1. The van der Waals surface area contributed by atoms with Gasteiger partial charge in [0.05, 0.1) is 4.92 Å². The van der Waals surface area contributed by atoms with Crippen molar-refractivity contribution in [1.29, 1.82) is 5.26 Å². The largest absolute Gasteiger partial charge is 0.506 e. The second-order valence-electron chi connectivity index (χ2n) is 5.54. The van der Waals surface area contributed by atoms with E-state index in [2.05, 4.69) is 10.2 Å². The molecule has 8 heteroatoms. The van der Waals surface area contributed by atoms with Crippen molar-refractivity contribution < 1.29 is 10.0 Å². The molecule has 1 aliphatic heterocycles. The van der Waals surface area contributed by atoms with Gasteiger partial charge in [0.2, 0.25) is 0 Å². The topological polar surface area (TPSA) is 118 Å². The zero-order valence-electron chi connectivity index (χ0n) is 12.8. The number of nitro groups is 1. The molecule has 0 spiro atoms. The zero-order chi connectivity index (χ0) is 17.1. The van der Waals surface area contributed by atoms with Gasteiger partial charge in [0.15, 0.2) is 5.82 Å². The van der Waals surface area contributed by atoms with Crippen LogP contribution in [0, 0.1) is 21.4 Å². The van der Waals surface area contributed by atoms with Gasteiger partial charge >= 0.3 is 0 Å². The Balaban J connectivity index is 2.04. The molecule has 0 aliphatic carbocycles. The maximum Gasteiger partial charge on any atom is 0.269 e. The van der Waals surface area contributed by atoms with E-state index >= 15 is 0 Å². The van der Waals surface area contributed by atoms with Gasteiger partial charge in [-0.2, -0.15) is 5.26 Å².